The van der Waals surface area contributed by atoms with E-state index in [-0.39, 0.29) is 17.4 Å². The SMILES string of the molecule is COc1ccccc1N1CCN(CC(C)NC(=O)C2(C)CCCCC2)CC1. The molecule has 3 rings (SSSR count). The Morgan fingerprint density at radius 1 is 1.15 bits per heavy atom. The van der Waals surface area contributed by atoms with E-state index < -0.39 is 0 Å². The van der Waals surface area contributed by atoms with Crippen LogP contribution in [0.5, 0.6) is 5.75 Å². The third-order valence-corrected chi connectivity index (χ3v) is 6.21. The van der Waals surface area contributed by atoms with Crippen molar-refractivity contribution < 1.29 is 9.53 Å². The van der Waals surface area contributed by atoms with Gasteiger partial charge in [0.2, 0.25) is 5.91 Å². The predicted molar refractivity (Wildman–Crippen MR) is 110 cm³/mol. The second-order valence-corrected chi connectivity index (χ2v) is 8.46. The van der Waals surface area contributed by atoms with E-state index >= 15 is 0 Å². The monoisotopic (exact) mass is 373 g/mol. The Kier molecular flexibility index (Phi) is 6.64. The molecule has 1 heterocycles. The Labute approximate surface area is 164 Å². The Morgan fingerprint density at radius 3 is 2.48 bits per heavy atom. The molecule has 5 nitrogen and oxygen atoms in total. The van der Waals surface area contributed by atoms with Crippen LogP contribution in [-0.2, 0) is 4.79 Å². The summed E-state index contributed by atoms with van der Waals surface area (Å²) in [4.78, 5) is 17.6. The van der Waals surface area contributed by atoms with Gasteiger partial charge in [-0.25, -0.2) is 0 Å². The highest BCUT2D eigenvalue weighted by atomic mass is 16.5. The van der Waals surface area contributed by atoms with Crippen LogP contribution in [0.15, 0.2) is 24.3 Å². The summed E-state index contributed by atoms with van der Waals surface area (Å²) >= 11 is 0. The molecule has 1 unspecified atom stereocenters. The van der Waals surface area contributed by atoms with E-state index in [1.54, 1.807) is 7.11 Å². The lowest BCUT2D eigenvalue weighted by molar-refractivity contribution is -0.132. The van der Waals surface area contributed by atoms with Gasteiger partial charge in [0.25, 0.3) is 0 Å². The highest BCUT2D eigenvalue weighted by Crippen LogP contribution is 2.36. The number of ether oxygens (including phenoxy) is 1. The van der Waals surface area contributed by atoms with Crippen LogP contribution in [0.2, 0.25) is 0 Å². The molecule has 1 atom stereocenters. The highest BCUT2D eigenvalue weighted by Gasteiger charge is 2.35. The van der Waals surface area contributed by atoms with Gasteiger partial charge in [-0.05, 0) is 31.9 Å². The molecular weight excluding hydrogens is 338 g/mol. The Hall–Kier alpha value is -1.75. The fourth-order valence-electron chi connectivity index (χ4n) is 4.45. The van der Waals surface area contributed by atoms with Gasteiger partial charge in [-0.2, -0.15) is 0 Å². The van der Waals surface area contributed by atoms with Crippen LogP contribution in [0, 0.1) is 5.41 Å². The number of piperazine rings is 1. The lowest BCUT2D eigenvalue weighted by atomic mass is 9.75. The van der Waals surface area contributed by atoms with E-state index in [1.807, 2.05) is 12.1 Å². The lowest BCUT2D eigenvalue weighted by Gasteiger charge is -2.38. The molecule has 2 fully saturated rings. The number of anilines is 1. The molecule has 0 spiro atoms. The Bertz CT molecular complexity index is 620. The molecule has 150 valence electrons. The second-order valence-electron chi connectivity index (χ2n) is 8.46. The number of methoxy groups -OCH3 is 1. The average molecular weight is 374 g/mol. The molecule has 0 aromatic heterocycles. The molecule has 1 amide bonds. The predicted octanol–water partition coefficient (Wildman–Crippen LogP) is 3.29. The van der Waals surface area contributed by atoms with Crippen molar-refractivity contribution in [2.45, 2.75) is 52.0 Å². The van der Waals surface area contributed by atoms with Gasteiger partial charge in [-0.1, -0.05) is 38.3 Å². The number of hydrogen-bond donors (Lipinski definition) is 1. The zero-order valence-electron chi connectivity index (χ0n) is 17.2. The van der Waals surface area contributed by atoms with Gasteiger partial charge in [0, 0.05) is 44.2 Å². The molecule has 1 N–H and O–H groups in total. The Balaban J connectivity index is 1.46. The van der Waals surface area contributed by atoms with Crippen LogP contribution in [0.4, 0.5) is 5.69 Å². The van der Waals surface area contributed by atoms with Crippen LogP contribution in [0.25, 0.3) is 0 Å². The van der Waals surface area contributed by atoms with Crippen molar-refractivity contribution in [2.75, 3.05) is 44.7 Å². The molecule has 0 bridgehead atoms. The highest BCUT2D eigenvalue weighted by molar-refractivity contribution is 5.82. The number of nitrogens with zero attached hydrogens (tertiary/aromatic N) is 2. The molecule has 27 heavy (non-hydrogen) atoms. The number of nitrogens with one attached hydrogen (secondary N) is 1. The number of rotatable bonds is 6. The maximum absolute atomic E-state index is 12.7. The third kappa shape index (κ3) is 4.95. The summed E-state index contributed by atoms with van der Waals surface area (Å²) in [6.07, 6.45) is 5.70. The zero-order chi connectivity index (χ0) is 19.3. The number of amides is 1. The van der Waals surface area contributed by atoms with E-state index in [9.17, 15) is 4.79 Å². The van der Waals surface area contributed by atoms with Crippen LogP contribution >= 0.6 is 0 Å². The normalized spacial score (nSPS) is 21.5. The first-order chi connectivity index (χ1) is 13.0. The molecule has 5 heteroatoms. The molecule has 1 saturated carbocycles. The van der Waals surface area contributed by atoms with Crippen molar-refractivity contribution in [1.82, 2.24) is 10.2 Å². The summed E-state index contributed by atoms with van der Waals surface area (Å²) in [5.74, 6) is 1.19. The quantitative estimate of drug-likeness (QED) is 0.831. The Morgan fingerprint density at radius 2 is 1.81 bits per heavy atom. The van der Waals surface area contributed by atoms with E-state index in [0.29, 0.717) is 0 Å². The number of para-hydroxylation sites is 2. The van der Waals surface area contributed by atoms with Crippen molar-refractivity contribution in [1.29, 1.82) is 0 Å². The van der Waals surface area contributed by atoms with Crippen LogP contribution in [0.3, 0.4) is 0 Å². The second kappa shape index (κ2) is 8.96. The maximum Gasteiger partial charge on any atom is 0.226 e. The smallest absolute Gasteiger partial charge is 0.226 e. The summed E-state index contributed by atoms with van der Waals surface area (Å²) in [7, 11) is 1.73. The van der Waals surface area contributed by atoms with Gasteiger partial charge in [0.15, 0.2) is 0 Å². The topological polar surface area (TPSA) is 44.8 Å². The van der Waals surface area contributed by atoms with Crippen molar-refractivity contribution in [3.63, 3.8) is 0 Å². The van der Waals surface area contributed by atoms with Gasteiger partial charge in [0.05, 0.1) is 12.8 Å². The van der Waals surface area contributed by atoms with E-state index in [4.69, 9.17) is 4.74 Å². The molecule has 2 aliphatic rings. The molecule has 1 aliphatic carbocycles. The molecule has 1 aliphatic heterocycles. The number of carbonyl (C=O) groups is 1. The van der Waals surface area contributed by atoms with E-state index in [2.05, 4.69) is 41.1 Å². The van der Waals surface area contributed by atoms with Gasteiger partial charge in [-0.15, -0.1) is 0 Å². The van der Waals surface area contributed by atoms with Crippen LogP contribution < -0.4 is 15.0 Å². The maximum atomic E-state index is 12.7. The molecule has 0 radical (unpaired) electrons. The summed E-state index contributed by atoms with van der Waals surface area (Å²) in [6, 6.07) is 8.41. The first kappa shape index (κ1) is 20.0. The minimum Gasteiger partial charge on any atom is -0.495 e. The third-order valence-electron chi connectivity index (χ3n) is 6.21. The van der Waals surface area contributed by atoms with Gasteiger partial charge in [-0.3, -0.25) is 9.69 Å². The van der Waals surface area contributed by atoms with Crippen molar-refractivity contribution in [3.8, 4) is 5.75 Å². The largest absolute Gasteiger partial charge is 0.495 e. The summed E-state index contributed by atoms with van der Waals surface area (Å²) < 4.78 is 5.50. The lowest BCUT2D eigenvalue weighted by Crippen LogP contribution is -2.52. The van der Waals surface area contributed by atoms with Gasteiger partial charge in [0.1, 0.15) is 5.75 Å². The summed E-state index contributed by atoms with van der Waals surface area (Å²) in [5, 5.41) is 3.28. The van der Waals surface area contributed by atoms with Crippen molar-refractivity contribution in [2.24, 2.45) is 5.41 Å². The summed E-state index contributed by atoms with van der Waals surface area (Å²) in [5.41, 5.74) is 1.01. The van der Waals surface area contributed by atoms with Crippen molar-refractivity contribution in [3.05, 3.63) is 24.3 Å². The fourth-order valence-corrected chi connectivity index (χ4v) is 4.45. The fraction of sp³-hybridized carbons (Fsp3) is 0.682. The zero-order valence-corrected chi connectivity index (χ0v) is 17.2. The summed E-state index contributed by atoms with van der Waals surface area (Å²) in [6.45, 7) is 9.18. The van der Waals surface area contributed by atoms with Crippen molar-refractivity contribution >= 4 is 11.6 Å². The van der Waals surface area contributed by atoms with E-state index in [0.717, 1.165) is 51.3 Å². The van der Waals surface area contributed by atoms with Gasteiger partial charge < -0.3 is 15.0 Å². The molecular formula is C22H35N3O2. The standard InChI is InChI=1S/C22H35N3O2/c1-18(23-21(26)22(2)11-7-4-8-12-22)17-24-13-15-25(16-14-24)19-9-5-6-10-20(19)27-3/h5-6,9-10,18H,4,7-8,11-17H2,1-3H3,(H,23,26). The number of carbonyl (C=O) groups excluding carboxylic acids is 1. The minimum atomic E-state index is -0.158. The number of hydrogen-bond acceptors (Lipinski definition) is 4. The molecule has 1 saturated heterocycles. The molecule has 1 aromatic rings. The van der Waals surface area contributed by atoms with E-state index in [1.165, 1.54) is 24.9 Å². The number of benzene rings is 1. The first-order valence-electron chi connectivity index (χ1n) is 10.4. The molecule has 1 aromatic carbocycles. The first-order valence-corrected chi connectivity index (χ1v) is 10.4. The minimum absolute atomic E-state index is 0.158. The van der Waals surface area contributed by atoms with Gasteiger partial charge >= 0.3 is 0 Å². The van der Waals surface area contributed by atoms with Crippen LogP contribution in [-0.4, -0.2) is 56.7 Å². The average Bonchev–Trinajstić information content (AvgIpc) is 2.69. The van der Waals surface area contributed by atoms with Crippen LogP contribution in [0.1, 0.15) is 46.0 Å².